The fourth-order valence-corrected chi connectivity index (χ4v) is 5.69. The molecule has 2 aliphatic heterocycles. The molecule has 2 fully saturated rings. The third-order valence-electron chi connectivity index (χ3n) is 5.31. The number of benzene rings is 1. The Morgan fingerprint density at radius 1 is 1.03 bits per heavy atom. The van der Waals surface area contributed by atoms with Crippen LogP contribution in [0.2, 0.25) is 0 Å². The average Bonchev–Trinajstić information content (AvgIpc) is 3.50. The number of thiophene rings is 1. The van der Waals surface area contributed by atoms with Gasteiger partial charge in [-0.15, -0.1) is 22.7 Å². The Morgan fingerprint density at radius 3 is 2.66 bits per heavy atom. The van der Waals surface area contributed by atoms with Gasteiger partial charge in [-0.1, -0.05) is 18.2 Å². The summed E-state index contributed by atoms with van der Waals surface area (Å²) in [5.74, 6) is -1.50. The van der Waals surface area contributed by atoms with E-state index in [0.29, 0.717) is 0 Å². The summed E-state index contributed by atoms with van der Waals surface area (Å²) in [6, 6.07) is 11.2. The van der Waals surface area contributed by atoms with Gasteiger partial charge in [-0.2, -0.15) is 0 Å². The number of hydrogen-bond acceptors (Lipinski definition) is 7. The predicted octanol–water partition coefficient (Wildman–Crippen LogP) is 3.44. The van der Waals surface area contributed by atoms with Gasteiger partial charge in [-0.25, -0.2) is 14.7 Å². The van der Waals surface area contributed by atoms with Crippen LogP contribution in [0, 0.1) is 0 Å². The lowest BCUT2D eigenvalue weighted by molar-refractivity contribution is -0.144. The molecule has 0 N–H and O–H groups in total. The maximum Gasteiger partial charge on any atom is 0.335 e. The molecule has 148 valence electrons. The van der Waals surface area contributed by atoms with Crippen molar-refractivity contribution in [2.45, 2.75) is 25.4 Å². The lowest BCUT2D eigenvalue weighted by Gasteiger charge is -2.26. The van der Waals surface area contributed by atoms with Gasteiger partial charge in [0.1, 0.15) is 5.01 Å². The second-order valence-electron chi connectivity index (χ2n) is 7.12. The Balaban J connectivity index is 1.35. The first-order valence-corrected chi connectivity index (χ1v) is 11.1. The van der Waals surface area contributed by atoms with Gasteiger partial charge in [0.2, 0.25) is 0 Å². The summed E-state index contributed by atoms with van der Waals surface area (Å²) in [4.78, 5) is 47.5. The second kappa shape index (κ2) is 7.33. The highest BCUT2D eigenvalue weighted by Gasteiger charge is 2.46. The number of likely N-dealkylation sites (tertiary alicyclic amines) is 1. The summed E-state index contributed by atoms with van der Waals surface area (Å²) in [6.07, 6.45) is 1.88. The molecule has 0 radical (unpaired) electrons. The second-order valence-corrected chi connectivity index (χ2v) is 9.21. The molecule has 29 heavy (non-hydrogen) atoms. The first-order valence-electron chi connectivity index (χ1n) is 9.41. The van der Waals surface area contributed by atoms with Crippen molar-refractivity contribution < 1.29 is 14.4 Å². The molecular weight excluding hydrogens is 408 g/mol. The van der Waals surface area contributed by atoms with E-state index in [1.165, 1.54) is 11.3 Å². The molecule has 0 saturated carbocycles. The van der Waals surface area contributed by atoms with Gasteiger partial charge in [0.15, 0.2) is 0 Å². The fraction of sp³-hybridized carbons (Fsp3) is 0.300. The Morgan fingerprint density at radius 2 is 1.86 bits per heavy atom. The molecular formula is C20H18N4O3S2. The van der Waals surface area contributed by atoms with Crippen molar-refractivity contribution in [3.05, 3.63) is 51.7 Å². The number of rotatable bonds is 5. The molecule has 9 heteroatoms. The van der Waals surface area contributed by atoms with Crippen LogP contribution >= 0.6 is 22.7 Å². The van der Waals surface area contributed by atoms with Gasteiger partial charge in [0.05, 0.1) is 29.5 Å². The third-order valence-corrected chi connectivity index (χ3v) is 7.31. The van der Waals surface area contributed by atoms with E-state index >= 15 is 0 Å². The number of fused-ring (bicyclic) bond motifs is 1. The highest BCUT2D eigenvalue weighted by Crippen LogP contribution is 2.36. The monoisotopic (exact) mass is 426 g/mol. The van der Waals surface area contributed by atoms with Crippen LogP contribution in [0.15, 0.2) is 41.8 Å². The number of amides is 4. The van der Waals surface area contributed by atoms with E-state index in [-0.39, 0.29) is 19.3 Å². The minimum atomic E-state index is -0.751. The molecule has 2 saturated heterocycles. The predicted molar refractivity (Wildman–Crippen MR) is 110 cm³/mol. The van der Waals surface area contributed by atoms with Gasteiger partial charge in [0.25, 0.3) is 0 Å². The molecule has 2 aromatic heterocycles. The molecule has 4 amide bonds. The number of thiazole rings is 1. The van der Waals surface area contributed by atoms with Gasteiger partial charge in [-0.3, -0.25) is 19.4 Å². The molecule has 0 unspecified atom stereocenters. The first-order chi connectivity index (χ1) is 14.1. The van der Waals surface area contributed by atoms with Crippen molar-refractivity contribution in [1.29, 1.82) is 0 Å². The first kappa shape index (κ1) is 18.4. The maximum atomic E-state index is 12.8. The van der Waals surface area contributed by atoms with Gasteiger partial charge in [-0.05, 0) is 36.4 Å². The third kappa shape index (κ3) is 3.25. The SMILES string of the molecule is O=C1C(=O)N(CN2CCC[C@H]2c2nc3ccccc3s2)C(=O)N1Cc1cccs1. The summed E-state index contributed by atoms with van der Waals surface area (Å²) >= 11 is 3.10. The quantitative estimate of drug-likeness (QED) is 0.462. The molecule has 0 bridgehead atoms. The Bertz CT molecular complexity index is 1060. The van der Waals surface area contributed by atoms with Crippen molar-refractivity contribution >= 4 is 50.7 Å². The van der Waals surface area contributed by atoms with Crippen LogP contribution in [-0.4, -0.2) is 50.7 Å². The number of carbonyl (C=O) groups is 3. The van der Waals surface area contributed by atoms with Crippen LogP contribution in [0.5, 0.6) is 0 Å². The molecule has 3 aromatic rings. The van der Waals surface area contributed by atoms with Crippen LogP contribution in [0.1, 0.15) is 28.8 Å². The van der Waals surface area contributed by atoms with Crippen LogP contribution in [0.3, 0.4) is 0 Å². The number of nitrogens with zero attached hydrogens (tertiary/aromatic N) is 4. The average molecular weight is 427 g/mol. The molecule has 1 atom stereocenters. The van der Waals surface area contributed by atoms with E-state index in [9.17, 15) is 14.4 Å². The van der Waals surface area contributed by atoms with Gasteiger partial charge in [0, 0.05) is 11.4 Å². The fourth-order valence-electron chi connectivity index (χ4n) is 3.86. The van der Waals surface area contributed by atoms with Crippen molar-refractivity contribution in [3.8, 4) is 0 Å². The molecule has 7 nitrogen and oxygen atoms in total. The summed E-state index contributed by atoms with van der Waals surface area (Å²) in [5.41, 5.74) is 0.963. The van der Waals surface area contributed by atoms with E-state index in [2.05, 4.69) is 4.90 Å². The Hall–Kier alpha value is -2.62. The van der Waals surface area contributed by atoms with E-state index in [1.807, 2.05) is 41.8 Å². The molecule has 4 heterocycles. The minimum Gasteiger partial charge on any atom is -0.276 e. The van der Waals surface area contributed by atoms with E-state index in [4.69, 9.17) is 4.98 Å². The number of urea groups is 1. The number of aromatic nitrogens is 1. The number of para-hydroxylation sites is 1. The van der Waals surface area contributed by atoms with Gasteiger partial charge >= 0.3 is 17.8 Å². The molecule has 1 aromatic carbocycles. The Labute approximate surface area is 175 Å². The highest BCUT2D eigenvalue weighted by molar-refractivity contribution is 7.18. The zero-order valence-electron chi connectivity index (χ0n) is 15.5. The Kier molecular flexibility index (Phi) is 4.65. The standard InChI is InChI=1S/C20H18N4O3S2/c25-18-19(26)24(20(27)23(18)11-13-5-4-10-28-13)12-22-9-3-7-15(22)17-21-14-6-1-2-8-16(14)29-17/h1-2,4-6,8,10,15H,3,7,9,11-12H2/t15-/m0/s1. The maximum absolute atomic E-state index is 12.8. The smallest absolute Gasteiger partial charge is 0.276 e. The molecule has 2 aliphatic rings. The van der Waals surface area contributed by atoms with Crippen LogP contribution in [-0.2, 0) is 16.1 Å². The van der Waals surface area contributed by atoms with Crippen LogP contribution in [0.25, 0.3) is 10.2 Å². The number of carbonyl (C=O) groups excluding carboxylic acids is 3. The molecule has 0 spiro atoms. The van der Waals surface area contributed by atoms with E-state index in [1.54, 1.807) is 11.3 Å². The van der Waals surface area contributed by atoms with Crippen molar-refractivity contribution in [1.82, 2.24) is 19.7 Å². The molecule has 5 rings (SSSR count). The van der Waals surface area contributed by atoms with Crippen molar-refractivity contribution in [3.63, 3.8) is 0 Å². The van der Waals surface area contributed by atoms with E-state index < -0.39 is 17.8 Å². The van der Waals surface area contributed by atoms with Crippen LogP contribution < -0.4 is 0 Å². The summed E-state index contributed by atoms with van der Waals surface area (Å²) in [6.45, 7) is 1.01. The normalized spacial score (nSPS) is 20.6. The lowest BCUT2D eigenvalue weighted by Crippen LogP contribution is -2.42. The van der Waals surface area contributed by atoms with E-state index in [0.717, 1.165) is 49.3 Å². The van der Waals surface area contributed by atoms with Crippen molar-refractivity contribution in [2.24, 2.45) is 0 Å². The van der Waals surface area contributed by atoms with Crippen LogP contribution in [0.4, 0.5) is 4.79 Å². The summed E-state index contributed by atoms with van der Waals surface area (Å²) in [5, 5.41) is 2.87. The largest absolute Gasteiger partial charge is 0.335 e. The summed E-state index contributed by atoms with van der Waals surface area (Å²) in [7, 11) is 0. The van der Waals surface area contributed by atoms with Gasteiger partial charge < -0.3 is 0 Å². The number of hydrogen-bond donors (Lipinski definition) is 0. The lowest BCUT2D eigenvalue weighted by atomic mass is 10.2. The van der Waals surface area contributed by atoms with Crippen molar-refractivity contribution in [2.75, 3.05) is 13.2 Å². The molecule has 0 aliphatic carbocycles. The number of imide groups is 2. The zero-order valence-corrected chi connectivity index (χ0v) is 17.1. The zero-order chi connectivity index (χ0) is 20.0. The minimum absolute atomic E-state index is 0.0504. The summed E-state index contributed by atoms with van der Waals surface area (Å²) < 4.78 is 1.12. The highest BCUT2D eigenvalue weighted by atomic mass is 32.1. The topological polar surface area (TPSA) is 73.8 Å².